The Balaban J connectivity index is 1.55. The van der Waals surface area contributed by atoms with E-state index in [-0.39, 0.29) is 16.3 Å². The summed E-state index contributed by atoms with van der Waals surface area (Å²) in [5.41, 5.74) is 1.95. The molecule has 0 saturated heterocycles. The van der Waals surface area contributed by atoms with Gasteiger partial charge in [-0.1, -0.05) is 12.1 Å². The van der Waals surface area contributed by atoms with E-state index < -0.39 is 25.9 Å². The van der Waals surface area contributed by atoms with Crippen molar-refractivity contribution in [1.29, 1.82) is 0 Å². The molecule has 0 aliphatic carbocycles. The van der Waals surface area contributed by atoms with Gasteiger partial charge in [-0.15, -0.1) is 0 Å². The monoisotopic (exact) mass is 474 g/mol. The Morgan fingerprint density at radius 1 is 0.781 bits per heavy atom. The van der Waals surface area contributed by atoms with Crippen LogP contribution in [0.15, 0.2) is 82.8 Å². The zero-order valence-electron chi connectivity index (χ0n) is 17.1. The summed E-state index contributed by atoms with van der Waals surface area (Å²) in [4.78, 5) is 16.1. The van der Waals surface area contributed by atoms with Gasteiger partial charge >= 0.3 is 6.03 Å². The van der Waals surface area contributed by atoms with Crippen molar-refractivity contribution >= 4 is 31.6 Å². The summed E-state index contributed by atoms with van der Waals surface area (Å²) in [7, 11) is -7.10. The van der Waals surface area contributed by atoms with Crippen LogP contribution in [0.4, 0.5) is 10.5 Å². The van der Waals surface area contributed by atoms with E-state index in [2.05, 4.69) is 20.3 Å². The van der Waals surface area contributed by atoms with E-state index in [4.69, 9.17) is 0 Å². The number of pyridine rings is 1. The molecule has 2 aromatic carbocycles. The van der Waals surface area contributed by atoms with Crippen molar-refractivity contribution in [3.05, 3.63) is 84.2 Å². The third kappa shape index (κ3) is 6.61. The number of hydrogen-bond acceptors (Lipinski definition) is 6. The lowest BCUT2D eigenvalue weighted by Crippen LogP contribution is -2.28. The van der Waals surface area contributed by atoms with Crippen LogP contribution in [-0.2, 0) is 33.0 Å². The molecule has 9 nitrogen and oxygen atoms in total. The number of aromatic nitrogens is 1. The molecule has 168 valence electrons. The number of sulfone groups is 1. The van der Waals surface area contributed by atoms with Crippen LogP contribution in [0.25, 0.3) is 0 Å². The molecule has 32 heavy (non-hydrogen) atoms. The van der Waals surface area contributed by atoms with E-state index in [1.54, 1.807) is 36.7 Å². The number of hydrogen-bond donors (Lipinski definition) is 3. The van der Waals surface area contributed by atoms with Crippen LogP contribution in [0.1, 0.15) is 11.1 Å². The lowest BCUT2D eigenvalue weighted by molar-refractivity contribution is 0.251. The number of sulfonamides is 1. The Hall–Kier alpha value is -3.28. The second kappa shape index (κ2) is 9.90. The predicted octanol–water partition coefficient (Wildman–Crippen LogP) is 2.29. The number of anilines is 1. The zero-order valence-corrected chi connectivity index (χ0v) is 18.8. The van der Waals surface area contributed by atoms with Crippen molar-refractivity contribution < 1.29 is 21.6 Å². The fourth-order valence-corrected chi connectivity index (χ4v) is 4.34. The molecule has 3 aromatic rings. The maximum atomic E-state index is 12.5. The molecule has 0 atom stereocenters. The first-order chi connectivity index (χ1) is 15.1. The number of nitrogens with zero attached hydrogens (tertiary/aromatic N) is 1. The average Bonchev–Trinajstić information content (AvgIpc) is 2.77. The van der Waals surface area contributed by atoms with Crippen LogP contribution < -0.4 is 15.4 Å². The van der Waals surface area contributed by atoms with Crippen molar-refractivity contribution in [2.75, 3.05) is 11.6 Å². The van der Waals surface area contributed by atoms with Gasteiger partial charge in [-0.05, 0) is 59.7 Å². The zero-order chi connectivity index (χ0) is 23.2. The second-order valence-electron chi connectivity index (χ2n) is 6.93. The summed E-state index contributed by atoms with van der Waals surface area (Å²) >= 11 is 0. The van der Waals surface area contributed by atoms with Crippen LogP contribution in [0.3, 0.4) is 0 Å². The highest BCUT2D eigenvalue weighted by atomic mass is 32.2. The smallest absolute Gasteiger partial charge is 0.319 e. The van der Waals surface area contributed by atoms with Gasteiger partial charge in [-0.3, -0.25) is 4.98 Å². The Bertz CT molecular complexity index is 1280. The van der Waals surface area contributed by atoms with Gasteiger partial charge in [0.2, 0.25) is 10.0 Å². The number of urea groups is 1. The average molecular weight is 475 g/mol. The SMILES string of the molecule is CS(=O)(=O)c1ccc(CNS(=O)(=O)c2ccc(NC(=O)NCc3ccncc3)cc2)cc1. The number of rotatable bonds is 8. The number of carbonyl (C=O) groups is 1. The Morgan fingerprint density at radius 3 is 1.94 bits per heavy atom. The van der Waals surface area contributed by atoms with Crippen molar-refractivity contribution in [2.45, 2.75) is 22.9 Å². The standard InChI is InChI=1S/C21H22N4O5S2/c1-31(27,28)19-6-2-16(3-7-19)15-24-32(29,30)20-8-4-18(5-9-20)25-21(26)23-14-17-10-12-22-13-11-17/h2-13,24H,14-15H2,1H3,(H2,23,25,26). The molecule has 3 N–H and O–H groups in total. The summed E-state index contributed by atoms with van der Waals surface area (Å²) in [5.74, 6) is 0. The maximum Gasteiger partial charge on any atom is 0.319 e. The maximum absolute atomic E-state index is 12.5. The Morgan fingerprint density at radius 2 is 1.34 bits per heavy atom. The van der Waals surface area contributed by atoms with Crippen molar-refractivity contribution in [3.63, 3.8) is 0 Å². The van der Waals surface area contributed by atoms with Gasteiger partial charge in [0.15, 0.2) is 9.84 Å². The van der Waals surface area contributed by atoms with Crippen LogP contribution in [-0.4, -0.2) is 34.1 Å². The van der Waals surface area contributed by atoms with Crippen LogP contribution in [0.2, 0.25) is 0 Å². The quantitative estimate of drug-likeness (QED) is 0.459. The highest BCUT2D eigenvalue weighted by Gasteiger charge is 2.14. The third-order valence-corrected chi connectivity index (χ3v) is 6.99. The molecular formula is C21H22N4O5S2. The molecule has 0 saturated carbocycles. The lowest BCUT2D eigenvalue weighted by atomic mass is 10.2. The molecule has 0 aliphatic rings. The number of carbonyl (C=O) groups excluding carboxylic acids is 1. The number of nitrogens with one attached hydrogen (secondary N) is 3. The van der Waals surface area contributed by atoms with E-state index in [0.29, 0.717) is 17.8 Å². The van der Waals surface area contributed by atoms with E-state index >= 15 is 0 Å². The molecule has 0 bridgehead atoms. The molecule has 0 radical (unpaired) electrons. The minimum atomic E-state index is -3.79. The molecule has 0 unspecified atom stereocenters. The minimum absolute atomic E-state index is 0.00376. The molecule has 11 heteroatoms. The second-order valence-corrected chi connectivity index (χ2v) is 10.7. The fraction of sp³-hybridized carbons (Fsp3) is 0.143. The van der Waals surface area contributed by atoms with Crippen LogP contribution in [0.5, 0.6) is 0 Å². The molecule has 1 heterocycles. The van der Waals surface area contributed by atoms with E-state index in [0.717, 1.165) is 11.8 Å². The van der Waals surface area contributed by atoms with Crippen LogP contribution >= 0.6 is 0 Å². The van der Waals surface area contributed by atoms with Gasteiger partial charge in [0.1, 0.15) is 0 Å². The summed E-state index contributed by atoms with van der Waals surface area (Å²) in [5, 5.41) is 5.33. The highest BCUT2D eigenvalue weighted by molar-refractivity contribution is 7.90. The van der Waals surface area contributed by atoms with Gasteiger partial charge in [0, 0.05) is 37.4 Å². The number of amides is 2. The van der Waals surface area contributed by atoms with Gasteiger partial charge in [-0.2, -0.15) is 0 Å². The first kappa shape index (κ1) is 23.4. The topological polar surface area (TPSA) is 134 Å². The fourth-order valence-electron chi connectivity index (χ4n) is 2.69. The first-order valence-electron chi connectivity index (χ1n) is 9.46. The van der Waals surface area contributed by atoms with Crippen molar-refractivity contribution in [3.8, 4) is 0 Å². The van der Waals surface area contributed by atoms with Crippen molar-refractivity contribution in [2.24, 2.45) is 0 Å². The van der Waals surface area contributed by atoms with Gasteiger partial charge in [0.25, 0.3) is 0 Å². The largest absolute Gasteiger partial charge is 0.334 e. The Kier molecular flexibility index (Phi) is 7.23. The first-order valence-corrected chi connectivity index (χ1v) is 12.8. The molecular weight excluding hydrogens is 452 g/mol. The highest BCUT2D eigenvalue weighted by Crippen LogP contribution is 2.15. The summed E-state index contributed by atoms with van der Waals surface area (Å²) < 4.78 is 50.5. The molecule has 2 amide bonds. The van der Waals surface area contributed by atoms with Crippen LogP contribution in [0, 0.1) is 0 Å². The van der Waals surface area contributed by atoms with E-state index in [1.807, 2.05) is 0 Å². The van der Waals surface area contributed by atoms with Gasteiger partial charge in [0.05, 0.1) is 9.79 Å². The van der Waals surface area contributed by atoms with Crippen molar-refractivity contribution in [1.82, 2.24) is 15.0 Å². The molecule has 0 aliphatic heterocycles. The van der Waals surface area contributed by atoms with E-state index in [9.17, 15) is 21.6 Å². The normalized spacial score (nSPS) is 11.7. The molecule has 1 aromatic heterocycles. The van der Waals surface area contributed by atoms with E-state index in [1.165, 1.54) is 36.4 Å². The third-order valence-electron chi connectivity index (χ3n) is 4.44. The van der Waals surface area contributed by atoms with Gasteiger partial charge < -0.3 is 10.6 Å². The predicted molar refractivity (Wildman–Crippen MR) is 120 cm³/mol. The molecule has 0 spiro atoms. The van der Waals surface area contributed by atoms with Gasteiger partial charge in [-0.25, -0.2) is 26.4 Å². The number of benzene rings is 2. The Labute approximate surface area is 186 Å². The summed E-state index contributed by atoms with van der Waals surface area (Å²) in [6.45, 7) is 0.333. The lowest BCUT2D eigenvalue weighted by Gasteiger charge is -2.10. The molecule has 3 rings (SSSR count). The molecule has 0 fully saturated rings. The summed E-state index contributed by atoms with van der Waals surface area (Å²) in [6, 6.07) is 14.9. The summed E-state index contributed by atoms with van der Waals surface area (Å²) in [6.07, 6.45) is 4.37. The minimum Gasteiger partial charge on any atom is -0.334 e.